The lowest BCUT2D eigenvalue weighted by molar-refractivity contribution is -0.274. The van der Waals surface area contributed by atoms with Crippen LogP contribution in [0.4, 0.5) is 18.3 Å². The normalized spacial score (nSPS) is 11.9. The number of hydrogen-bond acceptors (Lipinski definition) is 8. The number of nitrogens with one attached hydrogen (secondary N) is 2. The van der Waals surface area contributed by atoms with E-state index in [1.54, 1.807) is 12.1 Å². The standard InChI is InChI=1S/C22H23F3N4O5S2/c1-13(2)20-27-28-21(35-20)29-36(31,32)16-7-4-14(5-8-16)10-11-26-19(30)17-9-6-15(12-18(17)33-3)34-22(23,24)25/h4-9,12-13H,10-11H2,1-3H3,(H,26,30)(H,28,29). The van der Waals surface area contributed by atoms with Crippen LogP contribution < -0.4 is 19.5 Å². The van der Waals surface area contributed by atoms with E-state index in [9.17, 15) is 26.4 Å². The Balaban J connectivity index is 1.57. The highest BCUT2D eigenvalue weighted by molar-refractivity contribution is 7.93. The highest BCUT2D eigenvalue weighted by Crippen LogP contribution is 2.29. The van der Waals surface area contributed by atoms with Crippen LogP contribution in [0.5, 0.6) is 11.5 Å². The molecule has 0 aliphatic carbocycles. The zero-order chi connectivity index (χ0) is 26.5. The van der Waals surface area contributed by atoms with Crippen LogP contribution in [-0.4, -0.2) is 44.5 Å². The third-order valence-electron chi connectivity index (χ3n) is 4.74. The Hall–Kier alpha value is -3.39. The van der Waals surface area contributed by atoms with Crippen LogP contribution in [0, 0.1) is 0 Å². The van der Waals surface area contributed by atoms with Crippen molar-refractivity contribution in [1.82, 2.24) is 15.5 Å². The lowest BCUT2D eigenvalue weighted by atomic mass is 10.1. The lowest BCUT2D eigenvalue weighted by Crippen LogP contribution is -2.26. The van der Waals surface area contributed by atoms with E-state index in [2.05, 4.69) is 25.0 Å². The van der Waals surface area contributed by atoms with Gasteiger partial charge in [-0.05, 0) is 36.2 Å². The Kier molecular flexibility index (Phi) is 8.40. The van der Waals surface area contributed by atoms with Gasteiger partial charge < -0.3 is 14.8 Å². The van der Waals surface area contributed by atoms with Crippen LogP contribution in [0.3, 0.4) is 0 Å². The van der Waals surface area contributed by atoms with Crippen molar-refractivity contribution in [2.75, 3.05) is 18.4 Å². The summed E-state index contributed by atoms with van der Waals surface area (Å²) in [7, 11) is -2.62. The first-order valence-electron chi connectivity index (χ1n) is 10.5. The van der Waals surface area contributed by atoms with Crippen molar-refractivity contribution in [3.63, 3.8) is 0 Å². The number of ether oxygens (including phenoxy) is 2. The zero-order valence-electron chi connectivity index (χ0n) is 19.4. The molecule has 0 atom stereocenters. The molecule has 36 heavy (non-hydrogen) atoms. The number of aromatic nitrogens is 2. The van der Waals surface area contributed by atoms with Crippen LogP contribution in [0.15, 0.2) is 47.4 Å². The Labute approximate surface area is 209 Å². The zero-order valence-corrected chi connectivity index (χ0v) is 21.1. The molecule has 2 N–H and O–H groups in total. The van der Waals surface area contributed by atoms with Gasteiger partial charge >= 0.3 is 6.36 Å². The fourth-order valence-electron chi connectivity index (χ4n) is 2.99. The van der Waals surface area contributed by atoms with Gasteiger partial charge in [-0.25, -0.2) is 8.42 Å². The molecule has 9 nitrogen and oxygen atoms in total. The highest BCUT2D eigenvalue weighted by Gasteiger charge is 2.31. The Morgan fingerprint density at radius 1 is 1.11 bits per heavy atom. The van der Waals surface area contributed by atoms with Gasteiger partial charge in [0, 0.05) is 18.5 Å². The number of nitrogens with zero attached hydrogens (tertiary/aromatic N) is 2. The van der Waals surface area contributed by atoms with E-state index in [1.807, 2.05) is 13.8 Å². The molecule has 0 radical (unpaired) electrons. The van der Waals surface area contributed by atoms with Gasteiger partial charge in [0.2, 0.25) is 5.13 Å². The first-order chi connectivity index (χ1) is 16.9. The van der Waals surface area contributed by atoms with E-state index in [0.717, 1.165) is 29.0 Å². The van der Waals surface area contributed by atoms with Gasteiger partial charge in [-0.1, -0.05) is 37.3 Å². The average molecular weight is 545 g/mol. The molecule has 0 aliphatic rings. The van der Waals surface area contributed by atoms with E-state index in [1.165, 1.54) is 25.3 Å². The van der Waals surface area contributed by atoms with Crippen molar-refractivity contribution in [1.29, 1.82) is 0 Å². The van der Waals surface area contributed by atoms with Gasteiger partial charge in [0.25, 0.3) is 15.9 Å². The van der Waals surface area contributed by atoms with Crippen LogP contribution >= 0.6 is 11.3 Å². The van der Waals surface area contributed by atoms with Gasteiger partial charge in [-0.2, -0.15) is 0 Å². The topological polar surface area (TPSA) is 120 Å². The van der Waals surface area contributed by atoms with Crippen molar-refractivity contribution in [3.8, 4) is 11.5 Å². The number of anilines is 1. The highest BCUT2D eigenvalue weighted by atomic mass is 32.2. The average Bonchev–Trinajstić information content (AvgIpc) is 3.26. The van der Waals surface area contributed by atoms with Gasteiger partial charge in [-0.3, -0.25) is 9.52 Å². The number of amides is 1. The SMILES string of the molecule is COc1cc(OC(F)(F)F)ccc1C(=O)NCCc1ccc(S(=O)(=O)Nc2nnc(C(C)C)s2)cc1. The summed E-state index contributed by atoms with van der Waals surface area (Å²) < 4.78 is 73.6. The smallest absolute Gasteiger partial charge is 0.496 e. The second kappa shape index (κ2) is 11.1. The number of methoxy groups -OCH3 is 1. The summed E-state index contributed by atoms with van der Waals surface area (Å²) in [5.74, 6) is -1.00. The predicted molar refractivity (Wildman–Crippen MR) is 127 cm³/mol. The molecule has 2 aromatic carbocycles. The second-order valence-corrected chi connectivity index (χ2v) is 10.5. The summed E-state index contributed by atoms with van der Waals surface area (Å²) in [6.45, 7) is 4.05. The van der Waals surface area contributed by atoms with Gasteiger partial charge in [0.05, 0.1) is 17.6 Å². The molecule has 0 saturated heterocycles. The molecule has 0 spiro atoms. The summed E-state index contributed by atoms with van der Waals surface area (Å²) in [5.41, 5.74) is 0.796. The van der Waals surface area contributed by atoms with Crippen LogP contribution in [0.25, 0.3) is 0 Å². The summed E-state index contributed by atoms with van der Waals surface area (Å²) in [6.07, 6.45) is -4.49. The number of benzene rings is 2. The number of halogens is 3. The van der Waals surface area contributed by atoms with E-state index in [0.29, 0.717) is 11.4 Å². The van der Waals surface area contributed by atoms with Crippen molar-refractivity contribution < 1.29 is 35.9 Å². The quantitative estimate of drug-likeness (QED) is 0.390. The molecular weight excluding hydrogens is 521 g/mol. The molecule has 3 rings (SSSR count). The molecule has 0 fully saturated rings. The summed E-state index contributed by atoms with van der Waals surface area (Å²) in [6, 6.07) is 9.27. The fraction of sp³-hybridized carbons (Fsp3) is 0.318. The monoisotopic (exact) mass is 544 g/mol. The number of rotatable bonds is 10. The minimum Gasteiger partial charge on any atom is -0.496 e. The maximum atomic E-state index is 12.6. The minimum atomic E-state index is -4.87. The Bertz CT molecular complexity index is 1310. The van der Waals surface area contributed by atoms with E-state index in [-0.39, 0.29) is 33.8 Å². The molecule has 0 bridgehead atoms. The molecule has 1 amide bonds. The molecule has 0 saturated carbocycles. The molecule has 3 aromatic rings. The molecule has 1 aromatic heterocycles. The molecular formula is C22H23F3N4O5S2. The largest absolute Gasteiger partial charge is 0.573 e. The summed E-state index contributed by atoms with van der Waals surface area (Å²) in [4.78, 5) is 12.5. The number of hydrogen-bond donors (Lipinski definition) is 2. The first kappa shape index (κ1) is 27.2. The third-order valence-corrected chi connectivity index (χ3v) is 7.36. The van der Waals surface area contributed by atoms with Crippen molar-refractivity contribution in [3.05, 3.63) is 58.6 Å². The van der Waals surface area contributed by atoms with Crippen molar-refractivity contribution in [2.45, 2.75) is 37.4 Å². The van der Waals surface area contributed by atoms with Crippen LogP contribution in [-0.2, 0) is 16.4 Å². The van der Waals surface area contributed by atoms with E-state index >= 15 is 0 Å². The number of alkyl halides is 3. The van der Waals surface area contributed by atoms with Crippen molar-refractivity contribution >= 4 is 32.4 Å². The lowest BCUT2D eigenvalue weighted by Gasteiger charge is -2.13. The molecule has 194 valence electrons. The third kappa shape index (κ3) is 7.31. The molecule has 1 heterocycles. The van der Waals surface area contributed by atoms with Crippen LogP contribution in [0.1, 0.15) is 40.7 Å². The summed E-state index contributed by atoms with van der Waals surface area (Å²) >= 11 is 1.16. The van der Waals surface area contributed by atoms with E-state index < -0.39 is 28.0 Å². The summed E-state index contributed by atoms with van der Waals surface area (Å²) in [5, 5.41) is 11.4. The second-order valence-electron chi connectivity index (χ2n) is 7.77. The van der Waals surface area contributed by atoms with Gasteiger partial charge in [-0.15, -0.1) is 23.4 Å². The molecule has 0 aliphatic heterocycles. The van der Waals surface area contributed by atoms with E-state index in [4.69, 9.17) is 4.74 Å². The maximum absolute atomic E-state index is 12.6. The fourth-order valence-corrected chi connectivity index (χ4v) is 4.97. The minimum absolute atomic E-state index is 0.0387. The Morgan fingerprint density at radius 2 is 1.81 bits per heavy atom. The molecule has 14 heteroatoms. The number of carbonyl (C=O) groups is 1. The number of sulfonamides is 1. The van der Waals surface area contributed by atoms with Crippen molar-refractivity contribution in [2.24, 2.45) is 0 Å². The Morgan fingerprint density at radius 3 is 2.39 bits per heavy atom. The van der Waals surface area contributed by atoms with Crippen LogP contribution in [0.2, 0.25) is 0 Å². The van der Waals surface area contributed by atoms with Gasteiger partial charge in [0.15, 0.2) is 0 Å². The maximum Gasteiger partial charge on any atom is 0.573 e. The number of carbonyl (C=O) groups excluding carboxylic acids is 1. The first-order valence-corrected chi connectivity index (χ1v) is 12.8. The molecule has 0 unspecified atom stereocenters. The van der Waals surface area contributed by atoms with Gasteiger partial charge in [0.1, 0.15) is 16.5 Å². The predicted octanol–water partition coefficient (Wildman–Crippen LogP) is 4.34.